The van der Waals surface area contributed by atoms with Crippen LogP contribution in [0.3, 0.4) is 0 Å². The number of benzene rings is 2. The SMILES string of the molecule is Cc1cc(C)c2oc(=O)cc(CNC(=O)Cc3ccccc3)c2c1. The number of rotatable bonds is 4. The van der Waals surface area contributed by atoms with Gasteiger partial charge in [0.05, 0.1) is 6.42 Å². The zero-order valence-corrected chi connectivity index (χ0v) is 13.8. The Bertz CT molecular complexity index is 942. The van der Waals surface area contributed by atoms with Crippen LogP contribution in [0, 0.1) is 13.8 Å². The van der Waals surface area contributed by atoms with Gasteiger partial charge in [-0.25, -0.2) is 4.79 Å². The number of aryl methyl sites for hydroxylation is 2. The molecule has 1 heterocycles. The molecule has 4 heteroatoms. The quantitative estimate of drug-likeness (QED) is 0.750. The molecule has 0 saturated carbocycles. The highest BCUT2D eigenvalue weighted by atomic mass is 16.4. The molecule has 0 aliphatic carbocycles. The summed E-state index contributed by atoms with van der Waals surface area (Å²) in [5.41, 5.74) is 3.92. The van der Waals surface area contributed by atoms with E-state index in [2.05, 4.69) is 5.32 Å². The number of amides is 1. The van der Waals surface area contributed by atoms with Gasteiger partial charge in [-0.15, -0.1) is 0 Å². The van der Waals surface area contributed by atoms with Gasteiger partial charge in [0.2, 0.25) is 5.91 Å². The zero-order valence-electron chi connectivity index (χ0n) is 13.8. The van der Waals surface area contributed by atoms with Crippen molar-refractivity contribution in [2.75, 3.05) is 0 Å². The minimum atomic E-state index is -0.401. The Morgan fingerprint density at radius 1 is 1.08 bits per heavy atom. The molecular weight excluding hydrogens is 302 g/mol. The van der Waals surface area contributed by atoms with Crippen LogP contribution in [-0.2, 0) is 17.8 Å². The van der Waals surface area contributed by atoms with Crippen molar-refractivity contribution in [3.8, 4) is 0 Å². The van der Waals surface area contributed by atoms with E-state index in [0.717, 1.165) is 27.6 Å². The first-order valence-corrected chi connectivity index (χ1v) is 7.87. The lowest BCUT2D eigenvalue weighted by molar-refractivity contribution is -0.120. The van der Waals surface area contributed by atoms with Crippen LogP contribution in [0.4, 0.5) is 0 Å². The molecule has 0 bridgehead atoms. The van der Waals surface area contributed by atoms with Crippen molar-refractivity contribution in [1.82, 2.24) is 5.32 Å². The highest BCUT2D eigenvalue weighted by molar-refractivity contribution is 5.84. The van der Waals surface area contributed by atoms with Crippen LogP contribution >= 0.6 is 0 Å². The van der Waals surface area contributed by atoms with Gasteiger partial charge in [-0.3, -0.25) is 4.79 Å². The fraction of sp³-hybridized carbons (Fsp3) is 0.200. The molecule has 1 aromatic heterocycles. The summed E-state index contributed by atoms with van der Waals surface area (Å²) in [4.78, 5) is 23.9. The molecule has 0 saturated heterocycles. The maximum Gasteiger partial charge on any atom is 0.336 e. The van der Waals surface area contributed by atoms with Crippen molar-refractivity contribution in [3.05, 3.63) is 81.2 Å². The summed E-state index contributed by atoms with van der Waals surface area (Å²) in [5.74, 6) is -0.0769. The Labute approximate surface area is 140 Å². The van der Waals surface area contributed by atoms with E-state index in [1.165, 1.54) is 6.07 Å². The third-order valence-corrected chi connectivity index (χ3v) is 3.94. The molecule has 3 rings (SSSR count). The first-order valence-electron chi connectivity index (χ1n) is 7.87. The number of fused-ring (bicyclic) bond motifs is 1. The Morgan fingerprint density at radius 2 is 1.83 bits per heavy atom. The molecule has 3 aromatic rings. The maximum atomic E-state index is 12.1. The smallest absolute Gasteiger partial charge is 0.336 e. The summed E-state index contributed by atoms with van der Waals surface area (Å²) in [6.45, 7) is 4.21. The fourth-order valence-corrected chi connectivity index (χ4v) is 2.86. The monoisotopic (exact) mass is 321 g/mol. The van der Waals surface area contributed by atoms with E-state index in [0.29, 0.717) is 18.5 Å². The molecule has 0 radical (unpaired) electrons. The van der Waals surface area contributed by atoms with E-state index in [4.69, 9.17) is 4.42 Å². The summed E-state index contributed by atoms with van der Waals surface area (Å²) in [7, 11) is 0. The third-order valence-electron chi connectivity index (χ3n) is 3.94. The maximum absolute atomic E-state index is 12.1. The molecule has 0 aliphatic heterocycles. The Hall–Kier alpha value is -2.88. The molecule has 24 heavy (non-hydrogen) atoms. The molecule has 0 fully saturated rings. The van der Waals surface area contributed by atoms with Crippen LogP contribution < -0.4 is 10.9 Å². The summed E-state index contributed by atoms with van der Waals surface area (Å²) >= 11 is 0. The van der Waals surface area contributed by atoms with Crippen LogP contribution in [0.1, 0.15) is 22.3 Å². The van der Waals surface area contributed by atoms with Crippen molar-refractivity contribution in [2.24, 2.45) is 0 Å². The number of hydrogen-bond acceptors (Lipinski definition) is 3. The van der Waals surface area contributed by atoms with Gasteiger partial charge in [-0.2, -0.15) is 0 Å². The standard InChI is InChI=1S/C20H19NO3/c1-13-8-14(2)20-17(9-13)16(11-19(23)24-20)12-21-18(22)10-15-6-4-3-5-7-15/h3-9,11H,10,12H2,1-2H3,(H,21,22). The minimum absolute atomic E-state index is 0.0769. The lowest BCUT2D eigenvalue weighted by Crippen LogP contribution is -2.25. The zero-order chi connectivity index (χ0) is 17.1. The second-order valence-corrected chi connectivity index (χ2v) is 5.99. The van der Waals surface area contributed by atoms with Gasteiger partial charge in [-0.05, 0) is 42.2 Å². The van der Waals surface area contributed by atoms with Crippen LogP contribution in [0.25, 0.3) is 11.0 Å². The highest BCUT2D eigenvalue weighted by Crippen LogP contribution is 2.22. The Balaban J connectivity index is 1.82. The van der Waals surface area contributed by atoms with E-state index in [9.17, 15) is 9.59 Å². The molecular formula is C20H19NO3. The third kappa shape index (κ3) is 3.54. The van der Waals surface area contributed by atoms with Crippen LogP contribution in [0.15, 0.2) is 57.7 Å². The largest absolute Gasteiger partial charge is 0.422 e. The minimum Gasteiger partial charge on any atom is -0.422 e. The highest BCUT2D eigenvalue weighted by Gasteiger charge is 2.10. The Kier molecular flexibility index (Phi) is 4.47. The predicted molar refractivity (Wildman–Crippen MR) is 94.0 cm³/mol. The summed E-state index contributed by atoms with van der Waals surface area (Å²) in [5, 5.41) is 3.75. The van der Waals surface area contributed by atoms with Crippen molar-refractivity contribution in [1.29, 1.82) is 0 Å². The molecule has 1 N–H and O–H groups in total. The lowest BCUT2D eigenvalue weighted by atomic mass is 10.0. The topological polar surface area (TPSA) is 59.3 Å². The molecule has 0 aliphatic rings. The van der Waals surface area contributed by atoms with E-state index in [1.807, 2.05) is 56.3 Å². The van der Waals surface area contributed by atoms with Crippen molar-refractivity contribution >= 4 is 16.9 Å². The van der Waals surface area contributed by atoms with Gasteiger partial charge in [0.15, 0.2) is 0 Å². The van der Waals surface area contributed by atoms with Gasteiger partial charge in [-0.1, -0.05) is 36.4 Å². The van der Waals surface area contributed by atoms with Crippen LogP contribution in [0.2, 0.25) is 0 Å². The van der Waals surface area contributed by atoms with Crippen molar-refractivity contribution < 1.29 is 9.21 Å². The molecule has 122 valence electrons. The molecule has 1 amide bonds. The van der Waals surface area contributed by atoms with Gasteiger partial charge in [0.25, 0.3) is 0 Å². The number of nitrogens with one attached hydrogen (secondary N) is 1. The fourth-order valence-electron chi connectivity index (χ4n) is 2.86. The number of hydrogen-bond donors (Lipinski definition) is 1. The van der Waals surface area contributed by atoms with Crippen molar-refractivity contribution in [2.45, 2.75) is 26.8 Å². The lowest BCUT2D eigenvalue weighted by Gasteiger charge is -2.10. The van der Waals surface area contributed by atoms with Gasteiger partial charge >= 0.3 is 5.63 Å². The van der Waals surface area contributed by atoms with Gasteiger partial charge < -0.3 is 9.73 Å². The molecule has 2 aromatic carbocycles. The van der Waals surface area contributed by atoms with Crippen LogP contribution in [-0.4, -0.2) is 5.91 Å². The average molecular weight is 321 g/mol. The summed E-state index contributed by atoms with van der Waals surface area (Å²) in [6.07, 6.45) is 0.318. The van der Waals surface area contributed by atoms with Gasteiger partial charge in [0, 0.05) is 18.0 Å². The molecule has 0 atom stereocenters. The summed E-state index contributed by atoms with van der Waals surface area (Å²) in [6, 6.07) is 15.0. The predicted octanol–water partition coefficient (Wildman–Crippen LogP) is 3.27. The first kappa shape index (κ1) is 16.0. The second kappa shape index (κ2) is 6.71. The van der Waals surface area contributed by atoms with E-state index < -0.39 is 5.63 Å². The van der Waals surface area contributed by atoms with Crippen molar-refractivity contribution in [3.63, 3.8) is 0 Å². The summed E-state index contributed by atoms with van der Waals surface area (Å²) < 4.78 is 5.32. The molecule has 0 spiro atoms. The number of carbonyl (C=O) groups excluding carboxylic acids is 1. The van der Waals surface area contributed by atoms with Gasteiger partial charge in [0.1, 0.15) is 5.58 Å². The van der Waals surface area contributed by atoms with Crippen LogP contribution in [0.5, 0.6) is 0 Å². The molecule has 4 nitrogen and oxygen atoms in total. The molecule has 0 unspecified atom stereocenters. The van der Waals surface area contributed by atoms with E-state index in [1.54, 1.807) is 0 Å². The average Bonchev–Trinajstić information content (AvgIpc) is 2.54. The number of carbonyl (C=O) groups is 1. The second-order valence-electron chi connectivity index (χ2n) is 5.99. The van der Waals surface area contributed by atoms with E-state index >= 15 is 0 Å². The first-order chi connectivity index (χ1) is 11.5. The normalized spacial score (nSPS) is 10.8. The Morgan fingerprint density at radius 3 is 2.58 bits per heavy atom. The van der Waals surface area contributed by atoms with E-state index in [-0.39, 0.29) is 5.91 Å².